The van der Waals surface area contributed by atoms with Gasteiger partial charge in [0, 0.05) is 40.5 Å². The van der Waals surface area contributed by atoms with Crippen LogP contribution in [0.1, 0.15) is 36.0 Å². The van der Waals surface area contributed by atoms with Crippen LogP contribution in [0.5, 0.6) is 0 Å². The molecule has 0 aliphatic heterocycles. The predicted octanol–water partition coefficient (Wildman–Crippen LogP) is 3.42. The lowest BCUT2D eigenvalue weighted by Gasteiger charge is -2.15. The van der Waals surface area contributed by atoms with Gasteiger partial charge in [-0.3, -0.25) is 4.21 Å². The molecule has 0 aromatic heterocycles. The van der Waals surface area contributed by atoms with Crippen molar-refractivity contribution >= 4 is 22.6 Å². The number of fused-ring (bicyclic) bond motifs is 1. The summed E-state index contributed by atoms with van der Waals surface area (Å²) in [5, 5.41) is 21.9. The van der Waals surface area contributed by atoms with Gasteiger partial charge in [0.05, 0.1) is 6.61 Å². The van der Waals surface area contributed by atoms with Crippen molar-refractivity contribution in [2.45, 2.75) is 36.7 Å². The number of nitrogens with zero attached hydrogens (tertiary/aromatic N) is 1. The first-order chi connectivity index (χ1) is 14.4. The molecular weight excluding hydrogens is 405 g/mol. The molecule has 30 heavy (non-hydrogen) atoms. The fraction of sp³-hybridized carbons (Fsp3) is 0.348. The van der Waals surface area contributed by atoms with E-state index >= 15 is 0 Å². The van der Waals surface area contributed by atoms with Crippen molar-refractivity contribution in [1.29, 1.82) is 0 Å². The van der Waals surface area contributed by atoms with E-state index in [1.54, 1.807) is 18.5 Å². The Morgan fingerprint density at radius 2 is 2.00 bits per heavy atom. The van der Waals surface area contributed by atoms with Crippen LogP contribution in [0.25, 0.3) is 5.57 Å². The Morgan fingerprint density at radius 1 is 1.27 bits per heavy atom. The van der Waals surface area contributed by atoms with Gasteiger partial charge in [0.1, 0.15) is 18.5 Å². The largest absolute Gasteiger partial charge is 0.394 e. The number of hydrogen-bond acceptors (Lipinski definition) is 5. The minimum absolute atomic E-state index is 0.0859. The van der Waals surface area contributed by atoms with E-state index in [0.717, 1.165) is 39.2 Å². The standard InChI is InChI=1S/C23H26FNO4S/c1-15-20(9-10-25-29-14-18(27)13-26)23-12-17(24)5-8-21(23)22(15)11-16-3-6-19(7-4-16)30(2)28/h3-8,10,12,18,22,26-27H,9,11,13-14H2,1-2H3. The molecule has 2 aromatic carbocycles. The zero-order valence-electron chi connectivity index (χ0n) is 17.0. The number of hydrogen-bond donors (Lipinski definition) is 2. The van der Waals surface area contributed by atoms with Crippen LogP contribution in [0.2, 0.25) is 0 Å². The van der Waals surface area contributed by atoms with E-state index in [1.807, 2.05) is 30.3 Å². The summed E-state index contributed by atoms with van der Waals surface area (Å²) >= 11 is 0. The average molecular weight is 432 g/mol. The molecular formula is C23H26FNO4S. The van der Waals surface area contributed by atoms with Crippen molar-refractivity contribution in [1.82, 2.24) is 0 Å². The van der Waals surface area contributed by atoms with Gasteiger partial charge in [-0.1, -0.05) is 28.9 Å². The molecule has 0 amide bonds. The van der Waals surface area contributed by atoms with Gasteiger partial charge in [-0.2, -0.15) is 0 Å². The van der Waals surface area contributed by atoms with E-state index < -0.39 is 16.9 Å². The topological polar surface area (TPSA) is 79.1 Å². The van der Waals surface area contributed by atoms with Crippen LogP contribution in [0.15, 0.2) is 58.1 Å². The number of oxime groups is 1. The Morgan fingerprint density at radius 3 is 2.67 bits per heavy atom. The van der Waals surface area contributed by atoms with Crippen LogP contribution in [0.3, 0.4) is 0 Å². The van der Waals surface area contributed by atoms with Gasteiger partial charge in [-0.05, 0) is 59.9 Å². The van der Waals surface area contributed by atoms with E-state index in [2.05, 4.69) is 12.1 Å². The summed E-state index contributed by atoms with van der Waals surface area (Å²) < 4.78 is 25.6. The van der Waals surface area contributed by atoms with Crippen molar-refractivity contribution in [3.05, 3.63) is 70.5 Å². The molecule has 3 atom stereocenters. The van der Waals surface area contributed by atoms with Crippen molar-refractivity contribution in [2.75, 3.05) is 19.5 Å². The maximum atomic E-state index is 13.9. The van der Waals surface area contributed by atoms with Gasteiger partial charge >= 0.3 is 0 Å². The zero-order valence-corrected chi connectivity index (χ0v) is 17.9. The Balaban J connectivity index is 1.79. The monoisotopic (exact) mass is 431 g/mol. The molecule has 1 aliphatic rings. The summed E-state index contributed by atoms with van der Waals surface area (Å²) in [6.07, 6.45) is 3.52. The molecule has 2 N–H and O–H groups in total. The maximum Gasteiger partial charge on any atom is 0.145 e. The lowest BCUT2D eigenvalue weighted by molar-refractivity contribution is 0.00869. The van der Waals surface area contributed by atoms with E-state index in [9.17, 15) is 13.7 Å². The first kappa shape index (κ1) is 22.3. The molecule has 0 radical (unpaired) electrons. The minimum Gasteiger partial charge on any atom is -0.394 e. The fourth-order valence-corrected chi connectivity index (χ4v) is 4.22. The van der Waals surface area contributed by atoms with Crippen molar-refractivity contribution in [3.8, 4) is 0 Å². The number of aliphatic hydroxyl groups excluding tert-OH is 2. The van der Waals surface area contributed by atoms with Gasteiger partial charge in [0.15, 0.2) is 0 Å². The molecule has 0 spiro atoms. The lowest BCUT2D eigenvalue weighted by Crippen LogP contribution is -2.17. The third-order valence-corrected chi connectivity index (χ3v) is 6.27. The quantitative estimate of drug-likeness (QED) is 0.471. The van der Waals surface area contributed by atoms with Crippen LogP contribution >= 0.6 is 0 Å². The second-order valence-electron chi connectivity index (χ2n) is 7.37. The molecule has 160 valence electrons. The average Bonchev–Trinajstić information content (AvgIpc) is 2.98. The molecule has 5 nitrogen and oxygen atoms in total. The third kappa shape index (κ3) is 5.22. The second kappa shape index (κ2) is 10.1. The Kier molecular flexibility index (Phi) is 7.53. The third-order valence-electron chi connectivity index (χ3n) is 5.33. The Labute approximate surface area is 178 Å². The summed E-state index contributed by atoms with van der Waals surface area (Å²) in [5.41, 5.74) is 5.25. The van der Waals surface area contributed by atoms with E-state index in [-0.39, 0.29) is 24.9 Å². The van der Waals surface area contributed by atoms with Crippen molar-refractivity contribution in [3.63, 3.8) is 0 Å². The fourth-order valence-electron chi connectivity index (χ4n) is 3.70. The number of halogens is 1. The number of rotatable bonds is 9. The SMILES string of the molecule is CC1=C(CC=NOCC(O)CO)c2cc(F)ccc2C1Cc1ccc(S(C)=O)cc1. The summed E-state index contributed by atoms with van der Waals surface area (Å²) in [6, 6.07) is 12.6. The van der Waals surface area contributed by atoms with Crippen molar-refractivity contribution in [2.24, 2.45) is 5.16 Å². The van der Waals surface area contributed by atoms with Crippen LogP contribution < -0.4 is 0 Å². The van der Waals surface area contributed by atoms with E-state index in [0.29, 0.717) is 6.42 Å². The molecule has 1 aliphatic carbocycles. The normalized spacial score (nSPS) is 18.0. The molecule has 3 unspecified atom stereocenters. The van der Waals surface area contributed by atoms with Crippen molar-refractivity contribution < 1.29 is 23.6 Å². The Bertz CT molecular complexity index is 972. The highest BCUT2D eigenvalue weighted by Gasteiger charge is 2.28. The first-order valence-corrected chi connectivity index (χ1v) is 11.3. The summed E-state index contributed by atoms with van der Waals surface area (Å²) in [4.78, 5) is 5.78. The second-order valence-corrected chi connectivity index (χ2v) is 8.75. The highest BCUT2D eigenvalue weighted by atomic mass is 32.2. The first-order valence-electron chi connectivity index (χ1n) is 9.75. The smallest absolute Gasteiger partial charge is 0.145 e. The summed E-state index contributed by atoms with van der Waals surface area (Å²) in [6.45, 7) is 1.58. The minimum atomic E-state index is -1.01. The molecule has 0 fully saturated rings. The molecule has 2 aromatic rings. The van der Waals surface area contributed by atoms with Crippen LogP contribution in [-0.2, 0) is 22.1 Å². The lowest BCUT2D eigenvalue weighted by atomic mass is 9.90. The molecule has 0 heterocycles. The van der Waals surface area contributed by atoms with Gasteiger partial charge < -0.3 is 15.1 Å². The van der Waals surface area contributed by atoms with Gasteiger partial charge in [0.2, 0.25) is 0 Å². The van der Waals surface area contributed by atoms with E-state index in [4.69, 9.17) is 9.94 Å². The number of allylic oxidation sites excluding steroid dienone is 2. The molecule has 0 saturated heterocycles. The molecule has 0 saturated carbocycles. The number of aliphatic hydroxyl groups is 2. The predicted molar refractivity (Wildman–Crippen MR) is 116 cm³/mol. The Hall–Kier alpha value is -2.35. The van der Waals surface area contributed by atoms with Gasteiger partial charge in [-0.25, -0.2) is 4.39 Å². The number of benzene rings is 2. The molecule has 0 bridgehead atoms. The van der Waals surface area contributed by atoms with Gasteiger partial charge in [-0.15, -0.1) is 0 Å². The highest BCUT2D eigenvalue weighted by Crippen LogP contribution is 2.44. The van der Waals surface area contributed by atoms with Gasteiger partial charge in [0.25, 0.3) is 0 Å². The molecule has 3 rings (SSSR count). The van der Waals surface area contributed by atoms with Crippen LogP contribution in [-0.4, -0.2) is 46.2 Å². The van der Waals surface area contributed by atoms with E-state index in [1.165, 1.54) is 6.07 Å². The summed E-state index contributed by atoms with van der Waals surface area (Å²) in [5.74, 6) is -0.159. The highest BCUT2D eigenvalue weighted by molar-refractivity contribution is 7.84. The van der Waals surface area contributed by atoms with Crippen LogP contribution in [0, 0.1) is 5.82 Å². The van der Waals surface area contributed by atoms with Crippen LogP contribution in [0.4, 0.5) is 4.39 Å². The summed E-state index contributed by atoms with van der Waals surface area (Å²) in [7, 11) is -1.01. The molecule has 7 heteroatoms. The zero-order chi connectivity index (χ0) is 21.7. The maximum absolute atomic E-state index is 13.9.